The van der Waals surface area contributed by atoms with Crippen molar-refractivity contribution in [3.8, 4) is 0 Å². The molecule has 0 nitrogen and oxygen atoms in total. The van der Waals surface area contributed by atoms with Crippen LogP contribution in [0.25, 0.3) is 21.5 Å². The molecule has 0 saturated carbocycles. The van der Waals surface area contributed by atoms with Crippen molar-refractivity contribution in [1.29, 1.82) is 0 Å². The summed E-state index contributed by atoms with van der Waals surface area (Å²) in [6, 6.07) is 40.2. The largest absolute Gasteiger partial charge is 0.126 e. The van der Waals surface area contributed by atoms with Gasteiger partial charge in [0.25, 0.3) is 0 Å². The zero-order chi connectivity index (χ0) is 22.0. The molecular weight excluding hydrogens is 491 g/mol. The number of rotatable bonds is 2. The number of hydrogen-bond acceptors (Lipinski definition) is 0. The molecule has 0 N–H and O–H groups in total. The average Bonchev–Trinajstić information content (AvgIpc) is 3.57. The molecule has 6 rings (SSSR count). The third-order valence-electron chi connectivity index (χ3n) is 5.23. The topological polar surface area (TPSA) is 0 Å². The third-order valence-corrected chi connectivity index (χ3v) is 6.14. The van der Waals surface area contributed by atoms with Crippen LogP contribution in [0.3, 0.4) is 0 Å². The predicted molar refractivity (Wildman–Crippen MR) is 135 cm³/mol. The van der Waals surface area contributed by atoms with E-state index in [1.807, 2.05) is 24.3 Å². The Bertz CT molecular complexity index is 1250. The first-order chi connectivity index (χ1) is 15.8. The van der Waals surface area contributed by atoms with Crippen LogP contribution in [-0.2, 0) is 20.0 Å². The summed E-state index contributed by atoms with van der Waals surface area (Å²) < 4.78 is 1.33. The zero-order valence-electron chi connectivity index (χ0n) is 18.7. The van der Waals surface area contributed by atoms with E-state index < -0.39 is 0 Å². The molecule has 0 saturated heterocycles. The van der Waals surface area contributed by atoms with Crippen molar-refractivity contribution >= 4 is 25.4 Å². The predicted octanol–water partition coefficient (Wildman–Crippen LogP) is 1.83. The average molecular weight is 515 g/mol. The van der Waals surface area contributed by atoms with Crippen molar-refractivity contribution < 1.29 is 44.8 Å². The van der Waals surface area contributed by atoms with Crippen LogP contribution in [0, 0.1) is 6.08 Å². The number of allylic oxidation sites excluding steroid dienone is 4. The molecule has 0 aliphatic heterocycles. The van der Waals surface area contributed by atoms with Crippen molar-refractivity contribution in [1.82, 2.24) is 0 Å². The fourth-order valence-electron chi connectivity index (χ4n) is 3.62. The fraction of sp³-hybridized carbons (Fsp3) is 0.0323. The minimum atomic E-state index is 0. The van der Waals surface area contributed by atoms with Crippen molar-refractivity contribution in [3.63, 3.8) is 0 Å². The number of hydrogen-bond donors (Lipinski definition) is 0. The van der Waals surface area contributed by atoms with Gasteiger partial charge in [-0.2, -0.15) is 6.08 Å². The molecule has 34 heavy (non-hydrogen) atoms. The Hall–Kier alpha value is -2.61. The molecule has 0 unspecified atom stereocenters. The third kappa shape index (κ3) is 7.45. The van der Waals surface area contributed by atoms with Gasteiger partial charge in [-0.05, 0) is 0 Å². The van der Waals surface area contributed by atoms with E-state index in [1.54, 1.807) is 0 Å². The van der Waals surface area contributed by atoms with Gasteiger partial charge < -0.3 is 24.8 Å². The van der Waals surface area contributed by atoms with Crippen LogP contribution in [-0.4, -0.2) is 3.81 Å². The minimum Gasteiger partial charge on any atom is -0.126 e. The molecule has 3 heteroatoms. The van der Waals surface area contributed by atoms with Gasteiger partial charge in [0.05, 0.1) is 0 Å². The zero-order valence-corrected chi connectivity index (χ0v) is 21.7. The monoisotopic (exact) mass is 514 g/mol. The minimum absolute atomic E-state index is 0. The molecule has 168 valence electrons. The Kier molecular flexibility index (Phi) is 11.9. The molecule has 0 atom stereocenters. The molecule has 0 heterocycles. The molecule has 0 amide bonds. The maximum atomic E-state index is 2.99. The number of halogens is 2. The maximum absolute atomic E-state index is 2.99. The van der Waals surface area contributed by atoms with E-state index in [2.05, 4.69) is 135 Å². The molecule has 0 spiro atoms. The first-order valence-electron chi connectivity index (χ1n) is 10.8. The van der Waals surface area contributed by atoms with E-state index in [1.165, 1.54) is 36.5 Å². The smallest absolute Gasteiger partial charge is 0.0771 e. The maximum Gasteiger partial charge on any atom is -0.0771 e. The van der Waals surface area contributed by atoms with Gasteiger partial charge >= 0.3 is 95.6 Å². The Morgan fingerprint density at radius 1 is 0.618 bits per heavy atom. The van der Waals surface area contributed by atoms with E-state index in [9.17, 15) is 0 Å². The van der Waals surface area contributed by atoms with E-state index in [4.69, 9.17) is 0 Å². The SMILES string of the molecule is [C-]1=CC=CC1.[Cl-].[Cl-].[Ti+2]=[C](c1ccccc1)c1ccccc1.c1ccc2c(c1)[cH-]c1ccccc12. The standard InChI is InChI=1S/C13H9.C13H10.C5H5.2ClH.Ti/c1-3-7-12-10(5-1)9-11-6-2-4-8-13(11)12;1-3-7-12(8-4-1)11-13-9-5-2-6-10-13;1-2-4-5-3-1;;;/h1-9H;1-10H;1-3H,4H2;2*1H;/q-1;;-1;;;+2/p-2. The van der Waals surface area contributed by atoms with E-state index in [0.717, 1.165) is 6.42 Å². The summed E-state index contributed by atoms with van der Waals surface area (Å²) in [5.41, 5.74) is 2.58. The van der Waals surface area contributed by atoms with Gasteiger partial charge in [0.1, 0.15) is 0 Å². The van der Waals surface area contributed by atoms with Crippen LogP contribution in [0.5, 0.6) is 0 Å². The molecule has 1 aliphatic carbocycles. The molecule has 0 bridgehead atoms. The van der Waals surface area contributed by atoms with E-state index in [0.29, 0.717) is 0 Å². The van der Waals surface area contributed by atoms with Crippen molar-refractivity contribution in [3.05, 3.63) is 151 Å². The summed E-state index contributed by atoms with van der Waals surface area (Å²) in [6.45, 7) is 0. The Morgan fingerprint density at radius 3 is 1.44 bits per heavy atom. The van der Waals surface area contributed by atoms with Gasteiger partial charge in [0, 0.05) is 0 Å². The van der Waals surface area contributed by atoms with Crippen LogP contribution in [0.1, 0.15) is 17.5 Å². The van der Waals surface area contributed by atoms with Crippen molar-refractivity contribution in [2.75, 3.05) is 0 Å². The molecular formula is C31H24Cl2Ti-2. The summed E-state index contributed by atoms with van der Waals surface area (Å²) in [6.07, 6.45) is 10.0. The second-order valence-electron chi connectivity index (χ2n) is 7.43. The number of fused-ring (bicyclic) bond motifs is 3. The Labute approximate surface area is 226 Å². The van der Waals surface area contributed by atoms with Crippen molar-refractivity contribution in [2.24, 2.45) is 0 Å². The van der Waals surface area contributed by atoms with Crippen molar-refractivity contribution in [2.45, 2.75) is 6.42 Å². The van der Waals surface area contributed by atoms with Gasteiger partial charge in [-0.1, -0.05) is 36.4 Å². The summed E-state index contributed by atoms with van der Waals surface area (Å²) in [5.74, 6) is 0. The van der Waals surface area contributed by atoms with Crippen LogP contribution in [0.2, 0.25) is 0 Å². The van der Waals surface area contributed by atoms with Crippen LogP contribution < -0.4 is 24.8 Å². The first-order valence-corrected chi connectivity index (χ1v) is 11.6. The van der Waals surface area contributed by atoms with Gasteiger partial charge in [-0.15, -0.1) is 46.2 Å². The fourth-order valence-corrected chi connectivity index (χ4v) is 4.14. The number of benzene rings is 4. The van der Waals surface area contributed by atoms with E-state index >= 15 is 0 Å². The van der Waals surface area contributed by atoms with E-state index in [-0.39, 0.29) is 24.8 Å². The molecule has 0 aromatic heterocycles. The molecule has 0 radical (unpaired) electrons. The summed E-state index contributed by atoms with van der Waals surface area (Å²) >= 11 is 2.16. The summed E-state index contributed by atoms with van der Waals surface area (Å²) in [7, 11) is 0. The first kappa shape index (κ1) is 27.6. The van der Waals surface area contributed by atoms with Gasteiger partial charge in [0.15, 0.2) is 0 Å². The second kappa shape index (κ2) is 14.6. The molecule has 5 aromatic carbocycles. The van der Waals surface area contributed by atoms with Crippen LogP contribution >= 0.6 is 0 Å². The second-order valence-corrected chi connectivity index (χ2v) is 8.21. The van der Waals surface area contributed by atoms with Gasteiger partial charge in [-0.25, -0.2) is 12.2 Å². The summed E-state index contributed by atoms with van der Waals surface area (Å²) in [5, 5.41) is 5.39. The summed E-state index contributed by atoms with van der Waals surface area (Å²) in [4.78, 5) is 0. The normalized spacial score (nSPS) is 10.9. The molecule has 0 fully saturated rings. The quantitative estimate of drug-likeness (QED) is 0.249. The molecule has 1 aliphatic rings. The Balaban J connectivity index is 0.000000191. The van der Waals surface area contributed by atoms with Crippen LogP contribution in [0.15, 0.2) is 133 Å². The van der Waals surface area contributed by atoms with Crippen LogP contribution in [0.4, 0.5) is 0 Å². The van der Waals surface area contributed by atoms with Gasteiger partial charge in [0.2, 0.25) is 0 Å². The van der Waals surface area contributed by atoms with Gasteiger partial charge in [-0.3, -0.25) is 6.08 Å². The molecule has 5 aromatic rings. The Morgan fingerprint density at radius 2 is 1.06 bits per heavy atom.